The van der Waals surface area contributed by atoms with Gasteiger partial charge in [-0.1, -0.05) is 48.6 Å². The van der Waals surface area contributed by atoms with E-state index in [2.05, 4.69) is 4.74 Å². The number of alkyl halides is 2. The third-order valence-corrected chi connectivity index (χ3v) is 2.64. The molecule has 0 spiro atoms. The molecule has 0 fully saturated rings. The number of carbonyl (C=O) groups excluding carboxylic acids is 1. The lowest BCUT2D eigenvalue weighted by atomic mass is 9.97. The van der Waals surface area contributed by atoms with Crippen LogP contribution in [0.25, 0.3) is 0 Å². The maximum Gasteiger partial charge on any atom is 0.345 e. The zero-order chi connectivity index (χ0) is 13.0. The van der Waals surface area contributed by atoms with Crippen LogP contribution in [0.15, 0.2) is 54.1 Å². The Morgan fingerprint density at radius 2 is 2.00 bits per heavy atom. The molecule has 1 aliphatic rings. The molecule has 0 heterocycles. The van der Waals surface area contributed by atoms with E-state index >= 15 is 0 Å². The predicted octanol–water partition coefficient (Wildman–Crippen LogP) is 3.36. The van der Waals surface area contributed by atoms with Gasteiger partial charge < -0.3 is 4.74 Å². The second kappa shape index (κ2) is 5.69. The number of halogens is 2. The van der Waals surface area contributed by atoms with Gasteiger partial charge in [0.1, 0.15) is 0 Å². The van der Waals surface area contributed by atoms with E-state index in [0.29, 0.717) is 11.1 Å². The second-order valence-electron chi connectivity index (χ2n) is 3.88. The van der Waals surface area contributed by atoms with Crippen molar-refractivity contribution in [3.8, 4) is 0 Å². The topological polar surface area (TPSA) is 26.3 Å². The first-order chi connectivity index (χ1) is 8.66. The summed E-state index contributed by atoms with van der Waals surface area (Å²) in [6.07, 6.45) is 4.28. The minimum Gasteiger partial charge on any atom is -0.315 e. The highest BCUT2D eigenvalue weighted by molar-refractivity contribution is 6.10. The van der Waals surface area contributed by atoms with Gasteiger partial charge in [-0.3, -0.25) is 4.79 Å². The fourth-order valence-corrected chi connectivity index (χ4v) is 1.76. The molecule has 0 aliphatic heterocycles. The van der Waals surface area contributed by atoms with Crippen LogP contribution in [-0.4, -0.2) is 18.5 Å². The Hall–Kier alpha value is -1.81. The summed E-state index contributed by atoms with van der Waals surface area (Å²) >= 11 is 0. The van der Waals surface area contributed by atoms with Crippen LogP contribution in [-0.2, 0) is 4.74 Å². The van der Waals surface area contributed by atoms with E-state index in [-0.39, 0.29) is 12.2 Å². The number of allylic oxidation sites excluding steroid dienone is 2. The summed E-state index contributed by atoms with van der Waals surface area (Å²) in [7, 11) is 0. The van der Waals surface area contributed by atoms with Gasteiger partial charge in [0.2, 0.25) is 0 Å². The van der Waals surface area contributed by atoms with Gasteiger partial charge >= 0.3 is 6.61 Å². The molecule has 1 atom stereocenters. The molecule has 94 valence electrons. The fourth-order valence-electron chi connectivity index (χ4n) is 1.76. The van der Waals surface area contributed by atoms with Crippen molar-refractivity contribution in [2.24, 2.45) is 0 Å². The zero-order valence-corrected chi connectivity index (χ0v) is 9.55. The summed E-state index contributed by atoms with van der Waals surface area (Å²) in [6.45, 7) is -2.79. The molecule has 0 radical (unpaired) electrons. The molecule has 0 N–H and O–H groups in total. The first-order valence-electron chi connectivity index (χ1n) is 5.58. The van der Waals surface area contributed by atoms with Gasteiger partial charge in [-0.2, -0.15) is 8.78 Å². The summed E-state index contributed by atoms with van der Waals surface area (Å²) in [4.78, 5) is 12.0. The lowest BCUT2D eigenvalue weighted by Crippen LogP contribution is -2.16. The number of ketones is 1. The number of hydrogen-bond acceptors (Lipinski definition) is 2. The number of carbonyl (C=O) groups is 1. The number of benzene rings is 1. The van der Waals surface area contributed by atoms with Crippen molar-refractivity contribution in [2.45, 2.75) is 19.1 Å². The molecule has 1 unspecified atom stereocenters. The monoisotopic (exact) mass is 250 g/mol. The van der Waals surface area contributed by atoms with Crippen LogP contribution in [0.4, 0.5) is 8.78 Å². The van der Waals surface area contributed by atoms with E-state index in [9.17, 15) is 13.6 Å². The highest BCUT2D eigenvalue weighted by Crippen LogP contribution is 2.19. The minimum absolute atomic E-state index is 0.109. The molecule has 1 aromatic rings. The van der Waals surface area contributed by atoms with Gasteiger partial charge in [0.05, 0.1) is 6.10 Å². The van der Waals surface area contributed by atoms with Crippen molar-refractivity contribution in [1.82, 2.24) is 0 Å². The normalized spacial score (nSPS) is 18.8. The van der Waals surface area contributed by atoms with Crippen molar-refractivity contribution in [3.63, 3.8) is 0 Å². The fraction of sp³-hybridized carbons (Fsp3) is 0.214. The first kappa shape index (κ1) is 12.6. The van der Waals surface area contributed by atoms with Gasteiger partial charge in [0.15, 0.2) is 5.78 Å². The van der Waals surface area contributed by atoms with Crippen LogP contribution < -0.4 is 0 Å². The largest absolute Gasteiger partial charge is 0.345 e. The van der Waals surface area contributed by atoms with Gasteiger partial charge in [-0.05, 0) is 6.42 Å². The first-order valence-corrected chi connectivity index (χ1v) is 5.58. The summed E-state index contributed by atoms with van der Waals surface area (Å²) < 4.78 is 28.3. The van der Waals surface area contributed by atoms with Crippen molar-refractivity contribution in [2.75, 3.05) is 0 Å². The van der Waals surface area contributed by atoms with Crippen LogP contribution in [0.5, 0.6) is 0 Å². The van der Waals surface area contributed by atoms with Crippen LogP contribution in [0.1, 0.15) is 16.8 Å². The lowest BCUT2D eigenvalue weighted by molar-refractivity contribution is -0.149. The molecule has 0 aromatic heterocycles. The van der Waals surface area contributed by atoms with E-state index in [1.807, 2.05) is 6.07 Å². The van der Waals surface area contributed by atoms with Crippen LogP contribution in [0.3, 0.4) is 0 Å². The Bertz CT molecular complexity index is 478. The quantitative estimate of drug-likeness (QED) is 0.766. The molecular formula is C14H12F2O2. The van der Waals surface area contributed by atoms with Crippen LogP contribution >= 0.6 is 0 Å². The summed E-state index contributed by atoms with van der Waals surface area (Å²) in [5.41, 5.74) is 1.09. The van der Waals surface area contributed by atoms with Gasteiger partial charge in [0, 0.05) is 11.1 Å². The molecule has 1 aromatic carbocycles. The predicted molar refractivity (Wildman–Crippen MR) is 63.5 cm³/mol. The molecule has 4 heteroatoms. The highest BCUT2D eigenvalue weighted by atomic mass is 19.3. The summed E-state index contributed by atoms with van der Waals surface area (Å²) in [6, 6.07) is 8.83. The number of rotatable bonds is 4. The van der Waals surface area contributed by atoms with Crippen molar-refractivity contribution < 1.29 is 18.3 Å². The Kier molecular flexibility index (Phi) is 3.99. The Morgan fingerprint density at radius 3 is 2.56 bits per heavy atom. The Balaban J connectivity index is 2.03. The van der Waals surface area contributed by atoms with Gasteiger partial charge in [-0.15, -0.1) is 0 Å². The number of ether oxygens (including phenoxy) is 1. The van der Waals surface area contributed by atoms with Gasteiger partial charge in [-0.25, -0.2) is 0 Å². The van der Waals surface area contributed by atoms with E-state index < -0.39 is 12.7 Å². The average molecular weight is 250 g/mol. The molecule has 2 nitrogen and oxygen atoms in total. The molecular weight excluding hydrogens is 238 g/mol. The highest BCUT2D eigenvalue weighted by Gasteiger charge is 2.17. The SMILES string of the molecule is O=C(C1=CCC(OC(F)F)C=C1)c1ccccc1. The van der Waals surface area contributed by atoms with Crippen molar-refractivity contribution in [1.29, 1.82) is 0 Å². The molecule has 0 saturated carbocycles. The molecule has 1 aliphatic carbocycles. The second-order valence-corrected chi connectivity index (χ2v) is 3.88. The molecule has 18 heavy (non-hydrogen) atoms. The van der Waals surface area contributed by atoms with Crippen molar-refractivity contribution in [3.05, 3.63) is 59.7 Å². The van der Waals surface area contributed by atoms with E-state index in [4.69, 9.17) is 0 Å². The smallest absolute Gasteiger partial charge is 0.315 e. The van der Waals surface area contributed by atoms with Crippen LogP contribution in [0.2, 0.25) is 0 Å². The molecule has 0 saturated heterocycles. The van der Waals surface area contributed by atoms with E-state index in [1.54, 1.807) is 30.3 Å². The zero-order valence-electron chi connectivity index (χ0n) is 9.55. The Labute approximate surface area is 104 Å². The minimum atomic E-state index is -2.79. The average Bonchev–Trinajstić information content (AvgIpc) is 2.39. The van der Waals surface area contributed by atoms with E-state index in [1.165, 1.54) is 12.2 Å². The third-order valence-electron chi connectivity index (χ3n) is 2.64. The number of Topliss-reactive ketones (excluding diaryl/α,β-unsaturated/α-hetero) is 1. The van der Waals surface area contributed by atoms with Gasteiger partial charge in [0.25, 0.3) is 0 Å². The standard InChI is InChI=1S/C14H12F2O2/c15-14(16)18-12-8-6-11(7-9-12)13(17)10-4-2-1-3-5-10/h1-8,12,14H,9H2. The number of hydrogen-bond donors (Lipinski definition) is 0. The summed E-state index contributed by atoms with van der Waals surface area (Å²) in [5, 5.41) is 0. The van der Waals surface area contributed by atoms with E-state index in [0.717, 1.165) is 0 Å². The third kappa shape index (κ3) is 3.11. The van der Waals surface area contributed by atoms with Crippen LogP contribution in [0, 0.1) is 0 Å². The Morgan fingerprint density at radius 1 is 1.28 bits per heavy atom. The summed E-state index contributed by atoms with van der Waals surface area (Å²) in [5.74, 6) is -0.109. The molecule has 0 amide bonds. The maximum absolute atomic E-state index is 12.0. The lowest BCUT2D eigenvalue weighted by Gasteiger charge is -2.15. The van der Waals surface area contributed by atoms with Crippen molar-refractivity contribution >= 4 is 5.78 Å². The molecule has 2 rings (SSSR count). The maximum atomic E-state index is 12.0. The molecule has 0 bridgehead atoms.